The van der Waals surface area contributed by atoms with E-state index in [1.54, 1.807) is 23.1 Å². The van der Waals surface area contributed by atoms with Crippen molar-refractivity contribution in [3.8, 4) is 0 Å². The fraction of sp³-hybridized carbons (Fsp3) is 0.263. The Labute approximate surface area is 170 Å². The van der Waals surface area contributed by atoms with Crippen molar-refractivity contribution in [2.45, 2.75) is 18.9 Å². The van der Waals surface area contributed by atoms with Gasteiger partial charge in [-0.2, -0.15) is 0 Å². The number of hydrogen-bond donors (Lipinski definition) is 0. The summed E-state index contributed by atoms with van der Waals surface area (Å²) in [5, 5.41) is 0.985. The van der Waals surface area contributed by atoms with Gasteiger partial charge in [0.25, 0.3) is 5.91 Å². The van der Waals surface area contributed by atoms with Crippen LogP contribution in [0.3, 0.4) is 0 Å². The van der Waals surface area contributed by atoms with E-state index in [9.17, 15) is 4.79 Å². The van der Waals surface area contributed by atoms with Crippen molar-refractivity contribution in [2.75, 3.05) is 18.0 Å². The molecule has 4 nitrogen and oxygen atoms in total. The number of anilines is 1. The van der Waals surface area contributed by atoms with Crippen LogP contribution < -0.4 is 4.90 Å². The lowest BCUT2D eigenvalue weighted by Crippen LogP contribution is -2.48. The molecule has 2 heterocycles. The molecule has 0 N–H and O–H groups in total. The number of guanidine groups is 1. The SMILES string of the molecule is C[C@]1(Cc2ccc(Br)cc2)C(=O)N(c2cc(Cl)cc(Cl)c2)C2=NCCN21. The van der Waals surface area contributed by atoms with Crippen LogP contribution in [0.4, 0.5) is 5.69 Å². The van der Waals surface area contributed by atoms with Gasteiger partial charge in [-0.1, -0.05) is 51.3 Å². The standard InChI is InChI=1S/C19H16BrCl2N3O/c1-19(11-12-2-4-13(20)5-3-12)17(26)25(18-23-6-7-24(18)19)16-9-14(21)8-15(22)10-16/h2-5,8-10H,6-7,11H2,1H3/t19-/m0/s1. The van der Waals surface area contributed by atoms with Gasteiger partial charge in [-0.15, -0.1) is 0 Å². The molecular weight excluding hydrogens is 437 g/mol. The largest absolute Gasteiger partial charge is 0.325 e. The predicted molar refractivity (Wildman–Crippen MR) is 109 cm³/mol. The zero-order chi connectivity index (χ0) is 18.5. The number of amides is 1. The molecule has 2 aromatic rings. The number of carbonyl (C=O) groups is 1. The molecule has 26 heavy (non-hydrogen) atoms. The van der Waals surface area contributed by atoms with Gasteiger partial charge in [0.2, 0.25) is 5.96 Å². The molecule has 0 aliphatic carbocycles. The average Bonchev–Trinajstić information content (AvgIpc) is 3.12. The summed E-state index contributed by atoms with van der Waals surface area (Å²) in [5.74, 6) is 0.658. The summed E-state index contributed by atoms with van der Waals surface area (Å²) in [7, 11) is 0. The van der Waals surface area contributed by atoms with Crippen LogP contribution in [0.15, 0.2) is 51.9 Å². The van der Waals surface area contributed by atoms with E-state index in [0.717, 1.165) is 16.6 Å². The Morgan fingerprint density at radius 3 is 2.46 bits per heavy atom. The highest BCUT2D eigenvalue weighted by Gasteiger charge is 2.54. The number of aliphatic imine (C=N–C) groups is 1. The fourth-order valence-electron chi connectivity index (χ4n) is 3.61. The maximum absolute atomic E-state index is 13.4. The van der Waals surface area contributed by atoms with Gasteiger partial charge in [0.15, 0.2) is 0 Å². The summed E-state index contributed by atoms with van der Waals surface area (Å²) in [6, 6.07) is 13.2. The number of rotatable bonds is 3. The van der Waals surface area contributed by atoms with Crippen LogP contribution in [0.1, 0.15) is 12.5 Å². The molecule has 1 atom stereocenters. The maximum atomic E-state index is 13.4. The summed E-state index contributed by atoms with van der Waals surface area (Å²) < 4.78 is 1.02. The van der Waals surface area contributed by atoms with E-state index in [1.165, 1.54) is 0 Å². The van der Waals surface area contributed by atoms with Crippen molar-refractivity contribution in [2.24, 2.45) is 4.99 Å². The zero-order valence-electron chi connectivity index (χ0n) is 14.0. The first-order chi connectivity index (χ1) is 12.4. The quantitative estimate of drug-likeness (QED) is 0.671. The van der Waals surface area contributed by atoms with Crippen LogP contribution in [0, 0.1) is 0 Å². The molecule has 2 aliphatic heterocycles. The Kier molecular flexibility index (Phi) is 4.49. The van der Waals surface area contributed by atoms with Gasteiger partial charge in [0.1, 0.15) is 5.54 Å². The van der Waals surface area contributed by atoms with Gasteiger partial charge >= 0.3 is 0 Å². The first kappa shape index (κ1) is 17.8. The summed E-state index contributed by atoms with van der Waals surface area (Å²) in [5.41, 5.74) is 1.05. The van der Waals surface area contributed by atoms with Crippen LogP contribution in [0.25, 0.3) is 0 Å². The first-order valence-corrected chi connectivity index (χ1v) is 9.80. The van der Waals surface area contributed by atoms with E-state index < -0.39 is 5.54 Å². The highest BCUT2D eigenvalue weighted by atomic mass is 79.9. The van der Waals surface area contributed by atoms with Crippen molar-refractivity contribution < 1.29 is 4.79 Å². The third-order valence-electron chi connectivity index (χ3n) is 4.84. The molecule has 7 heteroatoms. The molecule has 4 rings (SSSR count). The second kappa shape index (κ2) is 6.55. The third-order valence-corrected chi connectivity index (χ3v) is 5.81. The second-order valence-electron chi connectivity index (χ2n) is 6.68. The number of carbonyl (C=O) groups excluding carboxylic acids is 1. The van der Waals surface area contributed by atoms with Gasteiger partial charge in [-0.25, -0.2) is 4.90 Å². The Hall–Kier alpha value is -1.56. The maximum Gasteiger partial charge on any atom is 0.259 e. The van der Waals surface area contributed by atoms with E-state index in [-0.39, 0.29) is 5.91 Å². The van der Waals surface area contributed by atoms with Gasteiger partial charge in [-0.05, 0) is 42.8 Å². The van der Waals surface area contributed by atoms with Crippen LogP contribution in [0.5, 0.6) is 0 Å². The Bertz CT molecular complexity index is 895. The number of nitrogens with zero attached hydrogens (tertiary/aromatic N) is 3. The average molecular weight is 453 g/mol. The van der Waals surface area contributed by atoms with Crippen molar-refractivity contribution >= 4 is 56.7 Å². The minimum absolute atomic E-state index is 0.0165. The van der Waals surface area contributed by atoms with Crippen LogP contribution in [-0.2, 0) is 11.2 Å². The van der Waals surface area contributed by atoms with Crippen molar-refractivity contribution in [1.29, 1.82) is 0 Å². The lowest BCUT2D eigenvalue weighted by Gasteiger charge is -2.30. The molecule has 2 aromatic carbocycles. The van der Waals surface area contributed by atoms with E-state index in [2.05, 4.69) is 25.8 Å². The Morgan fingerprint density at radius 2 is 1.81 bits per heavy atom. The molecule has 0 spiro atoms. The first-order valence-electron chi connectivity index (χ1n) is 8.26. The number of halogens is 3. The molecule has 134 valence electrons. The molecular formula is C19H16BrCl2N3O. The van der Waals surface area contributed by atoms with E-state index >= 15 is 0 Å². The minimum atomic E-state index is -0.696. The number of benzene rings is 2. The summed E-state index contributed by atoms with van der Waals surface area (Å²) in [6.07, 6.45) is 0.600. The molecule has 0 aromatic heterocycles. The highest BCUT2D eigenvalue weighted by molar-refractivity contribution is 9.10. The van der Waals surface area contributed by atoms with Gasteiger partial charge in [0.05, 0.1) is 12.2 Å². The van der Waals surface area contributed by atoms with Gasteiger partial charge in [-0.3, -0.25) is 9.79 Å². The molecule has 0 radical (unpaired) electrons. The van der Waals surface area contributed by atoms with Crippen molar-refractivity contribution in [1.82, 2.24) is 4.90 Å². The normalized spacial score (nSPS) is 22.0. The minimum Gasteiger partial charge on any atom is -0.325 e. The molecule has 0 unspecified atom stereocenters. The second-order valence-corrected chi connectivity index (χ2v) is 8.47. The van der Waals surface area contributed by atoms with Crippen LogP contribution in [-0.4, -0.2) is 35.4 Å². The number of hydrogen-bond acceptors (Lipinski definition) is 3. The molecule has 0 saturated carbocycles. The monoisotopic (exact) mass is 451 g/mol. The van der Waals surface area contributed by atoms with Crippen LogP contribution >= 0.6 is 39.1 Å². The molecule has 1 amide bonds. The Morgan fingerprint density at radius 1 is 1.15 bits per heavy atom. The zero-order valence-corrected chi connectivity index (χ0v) is 17.1. The molecule has 2 aliphatic rings. The Balaban J connectivity index is 1.74. The topological polar surface area (TPSA) is 35.9 Å². The summed E-state index contributed by atoms with van der Waals surface area (Å²) in [6.45, 7) is 3.37. The fourth-order valence-corrected chi connectivity index (χ4v) is 4.39. The summed E-state index contributed by atoms with van der Waals surface area (Å²) >= 11 is 15.8. The van der Waals surface area contributed by atoms with Crippen molar-refractivity contribution in [3.63, 3.8) is 0 Å². The summed E-state index contributed by atoms with van der Waals surface area (Å²) in [4.78, 5) is 21.7. The lowest BCUT2D eigenvalue weighted by molar-refractivity contribution is -0.124. The highest BCUT2D eigenvalue weighted by Crippen LogP contribution is 2.38. The smallest absolute Gasteiger partial charge is 0.259 e. The molecule has 0 bridgehead atoms. The lowest BCUT2D eigenvalue weighted by atomic mass is 9.91. The third kappa shape index (κ3) is 2.92. The van der Waals surface area contributed by atoms with Crippen molar-refractivity contribution in [3.05, 3.63) is 62.5 Å². The van der Waals surface area contributed by atoms with Gasteiger partial charge < -0.3 is 4.90 Å². The van der Waals surface area contributed by atoms with Crippen LogP contribution in [0.2, 0.25) is 10.0 Å². The predicted octanol–water partition coefficient (Wildman–Crippen LogP) is 4.78. The van der Waals surface area contributed by atoms with E-state index in [4.69, 9.17) is 23.2 Å². The molecule has 1 saturated heterocycles. The number of fused-ring (bicyclic) bond motifs is 1. The van der Waals surface area contributed by atoms with E-state index in [0.29, 0.717) is 34.7 Å². The van der Waals surface area contributed by atoms with E-state index in [1.807, 2.05) is 31.2 Å². The van der Waals surface area contributed by atoms with Gasteiger partial charge in [0, 0.05) is 27.5 Å². The molecule has 1 fully saturated rings.